The first-order chi connectivity index (χ1) is 17.3. The lowest BCUT2D eigenvalue weighted by atomic mass is 9.83. The molecule has 0 spiro atoms. The Balaban J connectivity index is 1.54. The van der Waals surface area contributed by atoms with Gasteiger partial charge in [0.1, 0.15) is 17.8 Å². The molecule has 0 atom stereocenters. The van der Waals surface area contributed by atoms with E-state index in [2.05, 4.69) is 33.8 Å². The number of hydrogen-bond acceptors (Lipinski definition) is 9. The van der Waals surface area contributed by atoms with Crippen molar-refractivity contribution in [3.8, 4) is 17.4 Å². The third kappa shape index (κ3) is 4.77. The maximum absolute atomic E-state index is 11.4. The number of fused-ring (bicyclic) bond motifs is 1. The summed E-state index contributed by atoms with van der Waals surface area (Å²) in [6, 6.07) is 10.7. The van der Waals surface area contributed by atoms with E-state index in [-0.39, 0.29) is 11.6 Å². The minimum atomic E-state index is -0.590. The van der Waals surface area contributed by atoms with Crippen LogP contribution in [0.3, 0.4) is 0 Å². The Hall–Kier alpha value is -4.28. The SMILES string of the molecule is COc1ccc(Cn2nc(Oc3cccnc3[N+](=O)[O-])c3ncc(N4CCC(C)(C)CC4)nc32)cc1. The normalized spacial score (nSPS) is 15.1. The molecule has 186 valence electrons. The Bertz CT molecular complexity index is 1390. The Kier molecular flexibility index (Phi) is 6.13. The Morgan fingerprint density at radius 3 is 2.56 bits per heavy atom. The van der Waals surface area contributed by atoms with Crippen LogP contribution in [-0.2, 0) is 6.54 Å². The molecule has 4 aromatic rings. The van der Waals surface area contributed by atoms with Gasteiger partial charge in [-0.15, -0.1) is 5.10 Å². The van der Waals surface area contributed by atoms with E-state index in [1.807, 2.05) is 24.3 Å². The van der Waals surface area contributed by atoms with Crippen LogP contribution in [0.4, 0.5) is 11.6 Å². The number of ether oxygens (including phenoxy) is 2. The van der Waals surface area contributed by atoms with E-state index in [4.69, 9.17) is 14.5 Å². The number of nitro groups is 1. The van der Waals surface area contributed by atoms with Gasteiger partial charge in [-0.05, 0) is 58.0 Å². The number of rotatable bonds is 7. The molecule has 0 aliphatic carbocycles. The lowest BCUT2D eigenvalue weighted by molar-refractivity contribution is -0.390. The summed E-state index contributed by atoms with van der Waals surface area (Å²) in [5.74, 6) is 1.26. The summed E-state index contributed by atoms with van der Waals surface area (Å²) in [6.07, 6.45) is 5.19. The van der Waals surface area contributed by atoms with Crippen molar-refractivity contribution < 1.29 is 14.4 Å². The van der Waals surface area contributed by atoms with E-state index in [9.17, 15) is 10.1 Å². The molecule has 1 aliphatic rings. The van der Waals surface area contributed by atoms with Crippen molar-refractivity contribution in [1.29, 1.82) is 0 Å². The second-order valence-corrected chi connectivity index (χ2v) is 9.55. The number of anilines is 1. The van der Waals surface area contributed by atoms with E-state index in [0.717, 1.165) is 43.1 Å². The molecule has 3 aromatic heterocycles. The van der Waals surface area contributed by atoms with Crippen LogP contribution >= 0.6 is 0 Å². The third-order valence-electron chi connectivity index (χ3n) is 6.46. The van der Waals surface area contributed by atoms with Crippen LogP contribution in [-0.4, -0.2) is 49.9 Å². The van der Waals surface area contributed by atoms with Crippen molar-refractivity contribution >= 4 is 22.8 Å². The fraction of sp³-hybridized carbons (Fsp3) is 0.360. The average Bonchev–Trinajstić information content (AvgIpc) is 3.21. The van der Waals surface area contributed by atoms with E-state index in [1.165, 1.54) is 12.3 Å². The molecule has 1 aromatic carbocycles. The van der Waals surface area contributed by atoms with E-state index >= 15 is 0 Å². The summed E-state index contributed by atoms with van der Waals surface area (Å²) in [7, 11) is 1.62. The van der Waals surface area contributed by atoms with Gasteiger partial charge in [-0.2, -0.15) is 0 Å². The topological polar surface area (TPSA) is 121 Å². The van der Waals surface area contributed by atoms with Crippen LogP contribution < -0.4 is 14.4 Å². The minimum absolute atomic E-state index is 0.0114. The molecule has 36 heavy (non-hydrogen) atoms. The van der Waals surface area contributed by atoms with Gasteiger partial charge in [0, 0.05) is 13.1 Å². The lowest BCUT2D eigenvalue weighted by Crippen LogP contribution is -2.37. The highest BCUT2D eigenvalue weighted by atomic mass is 16.6. The number of aromatic nitrogens is 5. The van der Waals surface area contributed by atoms with E-state index < -0.39 is 10.7 Å². The highest BCUT2D eigenvalue weighted by molar-refractivity contribution is 5.78. The zero-order valence-electron chi connectivity index (χ0n) is 20.4. The van der Waals surface area contributed by atoms with Gasteiger partial charge in [0.2, 0.25) is 5.75 Å². The standard InChI is InChI=1S/C25H27N7O4/c1-25(2)10-13-30(14-11-25)20-15-27-21-23(28-20)31(16-17-6-8-18(35-3)9-7-17)29-24(21)36-19-5-4-12-26-22(19)32(33)34/h4-9,12,15H,10-11,13-14,16H2,1-3H3. The Morgan fingerprint density at radius 2 is 1.86 bits per heavy atom. The second kappa shape index (κ2) is 9.40. The average molecular weight is 490 g/mol. The highest BCUT2D eigenvalue weighted by Crippen LogP contribution is 2.34. The van der Waals surface area contributed by atoms with Gasteiger partial charge in [0.05, 0.1) is 19.9 Å². The van der Waals surface area contributed by atoms with Crippen molar-refractivity contribution in [2.75, 3.05) is 25.1 Å². The molecule has 4 heterocycles. The van der Waals surface area contributed by atoms with Crippen molar-refractivity contribution in [2.45, 2.75) is 33.2 Å². The molecule has 1 saturated heterocycles. The molecule has 0 saturated carbocycles. The van der Waals surface area contributed by atoms with Crippen molar-refractivity contribution in [3.63, 3.8) is 0 Å². The molecule has 5 rings (SSSR count). The molecular formula is C25H27N7O4. The number of hydrogen-bond donors (Lipinski definition) is 0. The van der Waals surface area contributed by atoms with Gasteiger partial charge >= 0.3 is 5.82 Å². The molecular weight excluding hydrogens is 462 g/mol. The van der Waals surface area contributed by atoms with Crippen LogP contribution in [0.1, 0.15) is 32.3 Å². The van der Waals surface area contributed by atoms with Gasteiger partial charge in [0.25, 0.3) is 5.88 Å². The number of methoxy groups -OCH3 is 1. The summed E-state index contributed by atoms with van der Waals surface area (Å²) >= 11 is 0. The quantitative estimate of drug-likeness (QED) is 0.271. The summed E-state index contributed by atoms with van der Waals surface area (Å²) in [4.78, 5) is 26.4. The van der Waals surface area contributed by atoms with Gasteiger partial charge in [0.15, 0.2) is 11.2 Å². The maximum Gasteiger partial charge on any atom is 0.406 e. The molecule has 0 N–H and O–H groups in total. The van der Waals surface area contributed by atoms with E-state index in [1.54, 1.807) is 24.1 Å². The molecule has 11 nitrogen and oxygen atoms in total. The minimum Gasteiger partial charge on any atom is -0.497 e. The predicted molar refractivity (Wildman–Crippen MR) is 134 cm³/mol. The zero-order valence-corrected chi connectivity index (χ0v) is 20.4. The summed E-state index contributed by atoms with van der Waals surface area (Å²) in [6.45, 7) is 6.76. The van der Waals surface area contributed by atoms with Crippen LogP contribution in [0.15, 0.2) is 48.8 Å². The first kappa shape index (κ1) is 23.5. The lowest BCUT2D eigenvalue weighted by Gasteiger charge is -2.37. The van der Waals surface area contributed by atoms with Crippen molar-refractivity contribution in [3.05, 3.63) is 64.5 Å². The predicted octanol–water partition coefficient (Wildman–Crippen LogP) is 4.61. The van der Waals surface area contributed by atoms with Crippen LogP contribution in [0.2, 0.25) is 0 Å². The number of benzene rings is 1. The third-order valence-corrected chi connectivity index (χ3v) is 6.46. The summed E-state index contributed by atoms with van der Waals surface area (Å²) in [5.41, 5.74) is 2.24. The van der Waals surface area contributed by atoms with Crippen LogP contribution in [0.5, 0.6) is 17.4 Å². The van der Waals surface area contributed by atoms with Crippen molar-refractivity contribution in [2.24, 2.45) is 5.41 Å². The van der Waals surface area contributed by atoms with Crippen LogP contribution in [0, 0.1) is 15.5 Å². The molecule has 1 fully saturated rings. The molecule has 0 bridgehead atoms. The zero-order chi connectivity index (χ0) is 25.3. The highest BCUT2D eigenvalue weighted by Gasteiger charge is 2.27. The molecule has 0 radical (unpaired) electrons. The number of pyridine rings is 1. The Labute approximate surface area is 207 Å². The maximum atomic E-state index is 11.4. The van der Waals surface area contributed by atoms with Gasteiger partial charge in [-0.1, -0.05) is 26.0 Å². The largest absolute Gasteiger partial charge is 0.497 e. The second-order valence-electron chi connectivity index (χ2n) is 9.55. The van der Waals surface area contributed by atoms with Crippen molar-refractivity contribution in [1.82, 2.24) is 24.7 Å². The first-order valence-corrected chi connectivity index (χ1v) is 11.7. The Morgan fingerprint density at radius 1 is 1.11 bits per heavy atom. The molecule has 0 unspecified atom stereocenters. The number of nitrogens with zero attached hydrogens (tertiary/aromatic N) is 7. The monoisotopic (exact) mass is 489 g/mol. The van der Waals surface area contributed by atoms with Gasteiger partial charge < -0.3 is 24.5 Å². The number of piperidine rings is 1. The van der Waals surface area contributed by atoms with Crippen LogP contribution in [0.25, 0.3) is 11.2 Å². The summed E-state index contributed by atoms with van der Waals surface area (Å²) < 4.78 is 12.8. The molecule has 0 amide bonds. The first-order valence-electron chi connectivity index (χ1n) is 11.7. The van der Waals surface area contributed by atoms with Gasteiger partial charge in [-0.3, -0.25) is 0 Å². The fourth-order valence-corrected chi connectivity index (χ4v) is 4.19. The van der Waals surface area contributed by atoms with E-state index in [0.29, 0.717) is 23.1 Å². The molecule has 11 heteroatoms. The fourth-order valence-electron chi connectivity index (χ4n) is 4.19. The smallest absolute Gasteiger partial charge is 0.406 e. The summed E-state index contributed by atoms with van der Waals surface area (Å²) in [5, 5.41) is 16.0. The molecule has 1 aliphatic heterocycles. The van der Waals surface area contributed by atoms with Gasteiger partial charge in [-0.25, -0.2) is 14.6 Å².